The van der Waals surface area contributed by atoms with Crippen LogP contribution in [0.25, 0.3) is 5.65 Å². The molecule has 1 aliphatic heterocycles. The summed E-state index contributed by atoms with van der Waals surface area (Å²) in [4.78, 5) is 26.3. The molecule has 1 atom stereocenters. The minimum absolute atomic E-state index is 0.0742. The third-order valence-electron chi connectivity index (χ3n) is 4.86. The highest BCUT2D eigenvalue weighted by Gasteiger charge is 2.28. The van der Waals surface area contributed by atoms with Crippen molar-refractivity contribution in [2.45, 2.75) is 31.8 Å². The molecule has 0 saturated carbocycles. The van der Waals surface area contributed by atoms with E-state index in [1.165, 1.54) is 17.7 Å². The van der Waals surface area contributed by atoms with Gasteiger partial charge in [-0.25, -0.2) is 9.50 Å². The van der Waals surface area contributed by atoms with Crippen LogP contribution in [0.3, 0.4) is 0 Å². The normalized spacial score (nSPS) is 18.3. The number of carbonyl (C=O) groups excluding carboxylic acids is 1. The molecule has 4 rings (SSSR count). The fraction of sp³-hybridized carbons (Fsp3) is 0.444. The van der Waals surface area contributed by atoms with E-state index in [4.69, 9.17) is 0 Å². The lowest BCUT2D eigenvalue weighted by Gasteiger charge is -2.35. The number of hydrogen-bond donors (Lipinski definition) is 0. The van der Waals surface area contributed by atoms with Crippen molar-refractivity contribution >= 4 is 22.9 Å². The lowest BCUT2D eigenvalue weighted by atomic mass is 9.99. The number of thiazole rings is 1. The highest BCUT2D eigenvalue weighted by molar-refractivity contribution is 7.09. The molecule has 0 bridgehead atoms. The van der Waals surface area contributed by atoms with E-state index >= 15 is 0 Å². The van der Waals surface area contributed by atoms with Crippen LogP contribution in [0.4, 0.5) is 0 Å². The second kappa shape index (κ2) is 7.13. The minimum atomic E-state index is -0.0742. The third-order valence-corrected chi connectivity index (χ3v) is 5.63. The minimum Gasteiger partial charge on any atom is -0.345 e. The van der Waals surface area contributed by atoms with Crippen molar-refractivity contribution in [3.05, 3.63) is 46.3 Å². The Labute approximate surface area is 156 Å². The largest absolute Gasteiger partial charge is 0.345 e. The summed E-state index contributed by atoms with van der Waals surface area (Å²) in [5.41, 5.74) is 4.15. The fourth-order valence-corrected chi connectivity index (χ4v) is 4.21. The maximum atomic E-state index is 12.4. The number of fused-ring (bicyclic) bond motifs is 1. The molecule has 0 N–H and O–H groups in total. The van der Waals surface area contributed by atoms with Crippen LogP contribution in [0.5, 0.6) is 0 Å². The van der Waals surface area contributed by atoms with Gasteiger partial charge in [-0.05, 0) is 25.5 Å². The van der Waals surface area contributed by atoms with Crippen LogP contribution in [0.1, 0.15) is 46.2 Å². The molecule has 1 saturated heterocycles. The third kappa shape index (κ3) is 3.10. The van der Waals surface area contributed by atoms with Crippen LogP contribution in [0, 0.1) is 0 Å². The second-order valence-electron chi connectivity index (χ2n) is 6.81. The molecule has 8 heteroatoms. The van der Waals surface area contributed by atoms with Gasteiger partial charge in [-0.2, -0.15) is 5.10 Å². The molecule has 1 aliphatic rings. The zero-order valence-electron chi connectivity index (χ0n) is 15.0. The molecule has 0 spiro atoms. The molecule has 0 aromatic carbocycles. The number of carbonyl (C=O) groups is 1. The van der Waals surface area contributed by atoms with Gasteiger partial charge in [0.25, 0.3) is 5.91 Å². The number of rotatable bonds is 4. The van der Waals surface area contributed by atoms with E-state index in [9.17, 15) is 4.79 Å². The van der Waals surface area contributed by atoms with Crippen molar-refractivity contribution in [3.63, 3.8) is 0 Å². The molecule has 136 valence electrons. The van der Waals surface area contributed by atoms with E-state index in [1.54, 1.807) is 42.7 Å². The summed E-state index contributed by atoms with van der Waals surface area (Å²) in [6, 6.07) is 2.29. The molecular formula is C18H22N6OS. The summed E-state index contributed by atoms with van der Waals surface area (Å²) in [7, 11) is 3.49. The summed E-state index contributed by atoms with van der Waals surface area (Å²) in [6.45, 7) is 1.95. The van der Waals surface area contributed by atoms with Gasteiger partial charge in [0, 0.05) is 37.9 Å². The molecule has 4 heterocycles. The Bertz CT molecular complexity index is 904. The van der Waals surface area contributed by atoms with Crippen LogP contribution < -0.4 is 0 Å². The van der Waals surface area contributed by atoms with E-state index in [0.717, 1.165) is 25.2 Å². The van der Waals surface area contributed by atoms with E-state index in [-0.39, 0.29) is 11.9 Å². The number of likely N-dealkylation sites (tertiary alicyclic amines) is 1. The summed E-state index contributed by atoms with van der Waals surface area (Å²) < 4.78 is 1.84. The lowest BCUT2D eigenvalue weighted by Crippen LogP contribution is -2.34. The monoisotopic (exact) mass is 370 g/mol. The first-order valence-corrected chi connectivity index (χ1v) is 9.69. The molecule has 3 aromatic rings. The van der Waals surface area contributed by atoms with E-state index < -0.39 is 0 Å². The van der Waals surface area contributed by atoms with E-state index in [0.29, 0.717) is 11.2 Å². The highest BCUT2D eigenvalue weighted by atomic mass is 32.1. The lowest BCUT2D eigenvalue weighted by molar-refractivity contribution is 0.0829. The van der Waals surface area contributed by atoms with Crippen molar-refractivity contribution in [3.8, 4) is 0 Å². The summed E-state index contributed by atoms with van der Waals surface area (Å²) in [5.74, 6) is -0.0742. The van der Waals surface area contributed by atoms with Crippen molar-refractivity contribution in [2.75, 3.05) is 20.6 Å². The van der Waals surface area contributed by atoms with Crippen molar-refractivity contribution in [2.24, 2.45) is 0 Å². The Morgan fingerprint density at radius 2 is 2.23 bits per heavy atom. The first-order chi connectivity index (χ1) is 12.6. The average molecular weight is 370 g/mol. The van der Waals surface area contributed by atoms with Gasteiger partial charge in [0.2, 0.25) is 0 Å². The predicted molar refractivity (Wildman–Crippen MR) is 100 cm³/mol. The van der Waals surface area contributed by atoms with Gasteiger partial charge in [0.1, 0.15) is 5.56 Å². The van der Waals surface area contributed by atoms with Gasteiger partial charge < -0.3 is 4.90 Å². The average Bonchev–Trinajstić information content (AvgIpc) is 3.31. The highest BCUT2D eigenvalue weighted by Crippen LogP contribution is 2.32. The maximum absolute atomic E-state index is 12.4. The van der Waals surface area contributed by atoms with Gasteiger partial charge in [-0.1, -0.05) is 6.42 Å². The van der Waals surface area contributed by atoms with E-state index in [2.05, 4.69) is 20.0 Å². The Balaban J connectivity index is 1.71. The number of nitrogens with zero attached hydrogens (tertiary/aromatic N) is 6. The zero-order chi connectivity index (χ0) is 18.1. The molecule has 7 nitrogen and oxygen atoms in total. The van der Waals surface area contributed by atoms with E-state index in [1.807, 2.05) is 22.3 Å². The van der Waals surface area contributed by atoms with Crippen LogP contribution in [-0.4, -0.2) is 55.9 Å². The quantitative estimate of drug-likeness (QED) is 0.706. The van der Waals surface area contributed by atoms with Crippen molar-refractivity contribution in [1.29, 1.82) is 0 Å². The van der Waals surface area contributed by atoms with Gasteiger partial charge in [0.05, 0.1) is 23.4 Å². The van der Waals surface area contributed by atoms with Gasteiger partial charge in [-0.15, -0.1) is 11.3 Å². The van der Waals surface area contributed by atoms with Crippen LogP contribution in [0.15, 0.2) is 30.2 Å². The Hall–Kier alpha value is -2.32. The molecule has 0 unspecified atom stereocenters. The summed E-state index contributed by atoms with van der Waals surface area (Å²) in [6.07, 6.45) is 8.84. The van der Waals surface area contributed by atoms with Gasteiger partial charge >= 0.3 is 0 Å². The molecule has 0 aliphatic carbocycles. The number of piperidine rings is 1. The number of amides is 1. The predicted octanol–water partition coefficient (Wildman–Crippen LogP) is 2.61. The fourth-order valence-electron chi connectivity index (χ4n) is 3.59. The summed E-state index contributed by atoms with van der Waals surface area (Å²) >= 11 is 1.69. The topological polar surface area (TPSA) is 66.6 Å². The maximum Gasteiger partial charge on any atom is 0.258 e. The van der Waals surface area contributed by atoms with Crippen LogP contribution in [-0.2, 0) is 6.54 Å². The molecular weight excluding hydrogens is 348 g/mol. The molecule has 0 radical (unpaired) electrons. The van der Waals surface area contributed by atoms with Crippen LogP contribution in [0.2, 0.25) is 0 Å². The summed E-state index contributed by atoms with van der Waals surface area (Å²) in [5, 5.41) is 4.50. The van der Waals surface area contributed by atoms with Gasteiger partial charge in [0.15, 0.2) is 5.65 Å². The molecule has 1 fully saturated rings. The van der Waals surface area contributed by atoms with Crippen molar-refractivity contribution < 1.29 is 4.79 Å². The SMILES string of the molecule is CN(C)C(=O)c1cnn2c([C@H]3CCCCN3Cc3cncs3)ccnc12. The standard InChI is InChI=1S/C18H22N6OS/c1-22(2)18(25)14-10-21-24-16(6-7-20-17(14)24)15-5-3-4-8-23(15)11-13-9-19-12-26-13/h6-7,9-10,12,15H,3-5,8,11H2,1-2H3/t15-/m1/s1. The first-order valence-electron chi connectivity index (χ1n) is 8.81. The van der Waals surface area contributed by atoms with Crippen LogP contribution >= 0.6 is 11.3 Å². The molecule has 1 amide bonds. The second-order valence-corrected chi connectivity index (χ2v) is 7.78. The Morgan fingerprint density at radius 3 is 3.00 bits per heavy atom. The molecule has 3 aromatic heterocycles. The van der Waals surface area contributed by atoms with Crippen molar-refractivity contribution in [1.82, 2.24) is 29.4 Å². The smallest absolute Gasteiger partial charge is 0.258 e. The number of hydrogen-bond acceptors (Lipinski definition) is 6. The Kier molecular flexibility index (Phi) is 4.69. The zero-order valence-corrected chi connectivity index (χ0v) is 15.8. The number of aromatic nitrogens is 4. The first kappa shape index (κ1) is 17.1. The van der Waals surface area contributed by atoms with Gasteiger partial charge in [-0.3, -0.25) is 14.7 Å². The Morgan fingerprint density at radius 1 is 1.35 bits per heavy atom. The molecule has 26 heavy (non-hydrogen) atoms.